The van der Waals surface area contributed by atoms with Gasteiger partial charge in [-0.1, -0.05) is 18.2 Å². The zero-order valence-electron chi connectivity index (χ0n) is 11.1. The average molecular weight is 268 g/mol. The number of para-hydroxylation sites is 2. The molecule has 2 N–H and O–H groups in total. The molecule has 1 aromatic heterocycles. The zero-order valence-corrected chi connectivity index (χ0v) is 11.1. The lowest BCUT2D eigenvalue weighted by atomic mass is 10.2. The van der Waals surface area contributed by atoms with Crippen molar-refractivity contribution in [2.24, 2.45) is 0 Å². The van der Waals surface area contributed by atoms with Crippen molar-refractivity contribution in [3.8, 4) is 0 Å². The Morgan fingerprint density at radius 1 is 1.15 bits per heavy atom. The minimum absolute atomic E-state index is 0.00764. The van der Waals surface area contributed by atoms with Gasteiger partial charge in [-0.15, -0.1) is 0 Å². The number of rotatable bonds is 3. The normalized spacial score (nSPS) is 14.9. The molecule has 2 heterocycles. The molecule has 3 rings (SSSR count). The third-order valence-corrected chi connectivity index (χ3v) is 3.42. The first kappa shape index (κ1) is 12.5. The van der Waals surface area contributed by atoms with Gasteiger partial charge in [0.15, 0.2) is 0 Å². The number of aromatic nitrogens is 1. The minimum Gasteiger partial charge on any atom is -0.397 e. The topological polar surface area (TPSA) is 62.5 Å². The lowest BCUT2D eigenvalue weighted by Crippen LogP contribution is -2.31. The van der Waals surface area contributed by atoms with Gasteiger partial charge in [-0.05, 0) is 23.8 Å². The van der Waals surface area contributed by atoms with Crippen molar-refractivity contribution in [3.63, 3.8) is 0 Å². The van der Waals surface area contributed by atoms with Crippen LogP contribution < -0.4 is 10.6 Å². The van der Waals surface area contributed by atoms with E-state index in [-0.39, 0.29) is 6.03 Å². The van der Waals surface area contributed by atoms with Crippen LogP contribution in [0.1, 0.15) is 5.56 Å². The number of benzene rings is 1. The first-order valence-electron chi connectivity index (χ1n) is 6.55. The summed E-state index contributed by atoms with van der Waals surface area (Å²) in [5, 5.41) is 0. The van der Waals surface area contributed by atoms with Crippen molar-refractivity contribution < 1.29 is 4.79 Å². The van der Waals surface area contributed by atoms with Gasteiger partial charge in [-0.2, -0.15) is 0 Å². The lowest BCUT2D eigenvalue weighted by Gasteiger charge is -2.19. The molecular weight excluding hydrogens is 252 g/mol. The number of nitrogens with two attached hydrogens (primary N) is 1. The molecule has 5 heteroatoms. The highest BCUT2D eigenvalue weighted by atomic mass is 16.2. The number of carbonyl (C=O) groups excluding carboxylic acids is 1. The summed E-state index contributed by atoms with van der Waals surface area (Å²) in [6, 6.07) is 11.3. The number of anilines is 2. The third kappa shape index (κ3) is 2.30. The molecule has 0 atom stereocenters. The Bertz CT molecular complexity index is 614. The summed E-state index contributed by atoms with van der Waals surface area (Å²) in [4.78, 5) is 20.0. The Hall–Kier alpha value is -2.56. The average Bonchev–Trinajstić information content (AvgIpc) is 2.82. The van der Waals surface area contributed by atoms with Crippen LogP contribution >= 0.6 is 0 Å². The smallest absolute Gasteiger partial charge is 0.324 e. The number of hydrogen-bond acceptors (Lipinski definition) is 3. The molecule has 0 spiro atoms. The fraction of sp³-hybridized carbons (Fsp3) is 0.200. The van der Waals surface area contributed by atoms with Crippen LogP contribution in [-0.2, 0) is 6.54 Å². The molecule has 0 saturated carbocycles. The highest BCUT2D eigenvalue weighted by Crippen LogP contribution is 2.26. The molecule has 1 aromatic carbocycles. The Kier molecular flexibility index (Phi) is 3.25. The summed E-state index contributed by atoms with van der Waals surface area (Å²) in [7, 11) is 0. The minimum atomic E-state index is -0.00764. The second-order valence-electron chi connectivity index (χ2n) is 4.78. The number of nitrogen functional groups attached to an aromatic ring is 1. The number of carbonyl (C=O) groups is 1. The molecule has 1 saturated heterocycles. The second kappa shape index (κ2) is 5.21. The molecule has 1 aliphatic heterocycles. The first-order valence-corrected chi connectivity index (χ1v) is 6.55. The van der Waals surface area contributed by atoms with E-state index >= 15 is 0 Å². The maximum Gasteiger partial charge on any atom is 0.324 e. The number of pyridine rings is 1. The van der Waals surface area contributed by atoms with Crippen LogP contribution in [0.4, 0.5) is 16.2 Å². The van der Waals surface area contributed by atoms with Crippen molar-refractivity contribution in [3.05, 3.63) is 54.4 Å². The third-order valence-electron chi connectivity index (χ3n) is 3.42. The van der Waals surface area contributed by atoms with E-state index in [2.05, 4.69) is 4.98 Å². The van der Waals surface area contributed by atoms with E-state index in [4.69, 9.17) is 5.73 Å². The van der Waals surface area contributed by atoms with Crippen LogP contribution in [0.15, 0.2) is 48.8 Å². The van der Waals surface area contributed by atoms with Crippen molar-refractivity contribution in [2.75, 3.05) is 23.7 Å². The predicted molar refractivity (Wildman–Crippen MR) is 78.2 cm³/mol. The van der Waals surface area contributed by atoms with Gasteiger partial charge >= 0.3 is 6.03 Å². The van der Waals surface area contributed by atoms with Gasteiger partial charge in [0, 0.05) is 32.0 Å². The van der Waals surface area contributed by atoms with E-state index in [1.165, 1.54) is 0 Å². The highest BCUT2D eigenvalue weighted by Gasteiger charge is 2.30. The second-order valence-corrected chi connectivity index (χ2v) is 4.78. The maximum absolute atomic E-state index is 12.4. The van der Waals surface area contributed by atoms with Crippen LogP contribution in [0, 0.1) is 0 Å². The quantitative estimate of drug-likeness (QED) is 0.867. The fourth-order valence-electron chi connectivity index (χ4n) is 2.40. The van der Waals surface area contributed by atoms with E-state index < -0.39 is 0 Å². The highest BCUT2D eigenvalue weighted by molar-refractivity contribution is 5.96. The van der Waals surface area contributed by atoms with Gasteiger partial charge in [0.2, 0.25) is 0 Å². The molecule has 0 bridgehead atoms. The van der Waals surface area contributed by atoms with Gasteiger partial charge in [0.25, 0.3) is 0 Å². The molecule has 1 aliphatic rings. The Labute approximate surface area is 117 Å². The molecule has 0 radical (unpaired) electrons. The number of urea groups is 1. The monoisotopic (exact) mass is 268 g/mol. The van der Waals surface area contributed by atoms with E-state index in [9.17, 15) is 4.79 Å². The SMILES string of the molecule is Nc1ccccc1N1CCN(Cc2cccnc2)C1=O. The van der Waals surface area contributed by atoms with Gasteiger partial charge in [-0.3, -0.25) is 9.88 Å². The molecule has 0 unspecified atom stereocenters. The summed E-state index contributed by atoms with van der Waals surface area (Å²) >= 11 is 0. The van der Waals surface area contributed by atoms with Crippen molar-refractivity contribution in [1.29, 1.82) is 0 Å². The van der Waals surface area contributed by atoms with E-state index in [0.29, 0.717) is 25.3 Å². The molecule has 2 amide bonds. The molecule has 0 aliphatic carbocycles. The maximum atomic E-state index is 12.4. The van der Waals surface area contributed by atoms with E-state index in [1.54, 1.807) is 17.3 Å². The largest absolute Gasteiger partial charge is 0.397 e. The number of hydrogen-bond donors (Lipinski definition) is 1. The van der Waals surface area contributed by atoms with Crippen LogP contribution in [0.3, 0.4) is 0 Å². The summed E-state index contributed by atoms with van der Waals surface area (Å²) in [5.74, 6) is 0. The Morgan fingerprint density at radius 2 is 2.00 bits per heavy atom. The van der Waals surface area contributed by atoms with E-state index in [1.807, 2.05) is 41.3 Å². The van der Waals surface area contributed by atoms with Crippen molar-refractivity contribution in [2.45, 2.75) is 6.54 Å². The number of amides is 2. The zero-order chi connectivity index (χ0) is 13.9. The van der Waals surface area contributed by atoms with Crippen LogP contribution in [0.25, 0.3) is 0 Å². The van der Waals surface area contributed by atoms with Gasteiger partial charge in [0.1, 0.15) is 0 Å². The van der Waals surface area contributed by atoms with Crippen molar-refractivity contribution >= 4 is 17.4 Å². The van der Waals surface area contributed by atoms with E-state index in [0.717, 1.165) is 11.3 Å². The van der Waals surface area contributed by atoms with Crippen molar-refractivity contribution in [1.82, 2.24) is 9.88 Å². The van der Waals surface area contributed by atoms with Gasteiger partial charge in [-0.25, -0.2) is 4.79 Å². The summed E-state index contributed by atoms with van der Waals surface area (Å²) in [6.07, 6.45) is 3.51. The molecule has 102 valence electrons. The Balaban J connectivity index is 1.76. The molecule has 5 nitrogen and oxygen atoms in total. The number of nitrogens with zero attached hydrogens (tertiary/aromatic N) is 3. The summed E-state index contributed by atoms with van der Waals surface area (Å²) in [5.41, 5.74) is 8.38. The lowest BCUT2D eigenvalue weighted by molar-refractivity contribution is 0.218. The first-order chi connectivity index (χ1) is 9.75. The molecule has 2 aromatic rings. The predicted octanol–water partition coefficient (Wildman–Crippen LogP) is 2.11. The summed E-state index contributed by atoms with van der Waals surface area (Å²) in [6.45, 7) is 1.94. The molecule has 1 fully saturated rings. The van der Waals surface area contributed by atoms with Gasteiger partial charge in [0.05, 0.1) is 11.4 Å². The standard InChI is InChI=1S/C15H16N4O/c16-13-5-1-2-6-14(13)19-9-8-18(15(19)20)11-12-4-3-7-17-10-12/h1-7,10H,8-9,11,16H2. The fourth-order valence-corrected chi connectivity index (χ4v) is 2.40. The molecular formula is C15H16N4O. The van der Waals surface area contributed by atoms with Gasteiger partial charge < -0.3 is 10.6 Å². The Morgan fingerprint density at radius 3 is 2.75 bits per heavy atom. The summed E-state index contributed by atoms with van der Waals surface area (Å²) < 4.78 is 0. The van der Waals surface area contributed by atoms with Crippen LogP contribution in [0.5, 0.6) is 0 Å². The van der Waals surface area contributed by atoms with Crippen LogP contribution in [-0.4, -0.2) is 29.0 Å². The molecule has 20 heavy (non-hydrogen) atoms. The van der Waals surface area contributed by atoms with Crippen LogP contribution in [0.2, 0.25) is 0 Å².